The molecular weight excluding hydrogens is 134 g/mol. The first kappa shape index (κ1) is 9.05. The monoisotopic (exact) mass is 155 g/mol. The SMILES string of the molecule is CC1CCC(C(C)C)[C@H](N)C1. The Morgan fingerprint density at radius 2 is 1.91 bits per heavy atom. The van der Waals surface area contributed by atoms with E-state index >= 15 is 0 Å². The summed E-state index contributed by atoms with van der Waals surface area (Å²) in [6, 6.07) is 0.471. The van der Waals surface area contributed by atoms with Crippen LogP contribution >= 0.6 is 0 Å². The molecule has 1 saturated carbocycles. The van der Waals surface area contributed by atoms with Crippen molar-refractivity contribution in [3.63, 3.8) is 0 Å². The summed E-state index contributed by atoms with van der Waals surface area (Å²) in [6.07, 6.45) is 3.97. The molecule has 0 heterocycles. The maximum absolute atomic E-state index is 6.07. The van der Waals surface area contributed by atoms with E-state index in [-0.39, 0.29) is 0 Å². The Kier molecular flexibility index (Phi) is 2.94. The molecule has 0 aliphatic heterocycles. The lowest BCUT2D eigenvalue weighted by Crippen LogP contribution is -2.38. The fraction of sp³-hybridized carbons (Fsp3) is 1.00. The maximum atomic E-state index is 6.07. The lowest BCUT2D eigenvalue weighted by Gasteiger charge is -2.34. The molecule has 0 radical (unpaired) electrons. The van der Waals surface area contributed by atoms with Crippen LogP contribution in [0.15, 0.2) is 0 Å². The molecule has 2 N–H and O–H groups in total. The van der Waals surface area contributed by atoms with Crippen molar-refractivity contribution in [1.82, 2.24) is 0 Å². The number of nitrogens with two attached hydrogens (primary N) is 1. The number of hydrogen-bond donors (Lipinski definition) is 1. The van der Waals surface area contributed by atoms with Crippen LogP contribution in [-0.4, -0.2) is 6.04 Å². The topological polar surface area (TPSA) is 26.0 Å². The third-order valence-electron chi connectivity index (χ3n) is 3.07. The highest BCUT2D eigenvalue weighted by atomic mass is 14.7. The Labute approximate surface area is 70.4 Å². The summed E-state index contributed by atoms with van der Waals surface area (Å²) in [6.45, 7) is 6.90. The first-order valence-corrected chi connectivity index (χ1v) is 4.87. The minimum absolute atomic E-state index is 0.471. The van der Waals surface area contributed by atoms with Crippen LogP contribution in [0.2, 0.25) is 0 Å². The highest BCUT2D eigenvalue weighted by molar-refractivity contribution is 4.82. The van der Waals surface area contributed by atoms with Gasteiger partial charge < -0.3 is 5.73 Å². The maximum Gasteiger partial charge on any atom is 0.00721 e. The van der Waals surface area contributed by atoms with Gasteiger partial charge in [0.25, 0.3) is 0 Å². The van der Waals surface area contributed by atoms with E-state index in [1.165, 1.54) is 19.3 Å². The first-order valence-electron chi connectivity index (χ1n) is 4.87. The highest BCUT2D eigenvalue weighted by Crippen LogP contribution is 2.31. The highest BCUT2D eigenvalue weighted by Gasteiger charge is 2.27. The molecule has 1 aliphatic rings. The van der Waals surface area contributed by atoms with Gasteiger partial charge in [0, 0.05) is 6.04 Å². The molecule has 0 aromatic heterocycles. The predicted molar refractivity (Wildman–Crippen MR) is 49.3 cm³/mol. The molecule has 0 spiro atoms. The van der Waals surface area contributed by atoms with E-state index < -0.39 is 0 Å². The molecule has 1 nitrogen and oxygen atoms in total. The van der Waals surface area contributed by atoms with Crippen LogP contribution in [0.4, 0.5) is 0 Å². The lowest BCUT2D eigenvalue weighted by molar-refractivity contribution is 0.199. The molecule has 3 atom stereocenters. The van der Waals surface area contributed by atoms with Crippen molar-refractivity contribution in [3.8, 4) is 0 Å². The van der Waals surface area contributed by atoms with Gasteiger partial charge >= 0.3 is 0 Å². The van der Waals surface area contributed by atoms with E-state index in [1.54, 1.807) is 0 Å². The molecule has 1 aliphatic carbocycles. The van der Waals surface area contributed by atoms with Crippen molar-refractivity contribution in [3.05, 3.63) is 0 Å². The molecule has 66 valence electrons. The van der Waals surface area contributed by atoms with Crippen molar-refractivity contribution >= 4 is 0 Å². The summed E-state index contributed by atoms with van der Waals surface area (Å²) in [4.78, 5) is 0. The van der Waals surface area contributed by atoms with Gasteiger partial charge in [0.2, 0.25) is 0 Å². The van der Waals surface area contributed by atoms with E-state index in [9.17, 15) is 0 Å². The van der Waals surface area contributed by atoms with E-state index in [2.05, 4.69) is 20.8 Å². The molecular formula is C10H21N. The van der Waals surface area contributed by atoms with E-state index in [1.807, 2.05) is 0 Å². The van der Waals surface area contributed by atoms with Crippen LogP contribution in [-0.2, 0) is 0 Å². The zero-order valence-corrected chi connectivity index (χ0v) is 8.01. The fourth-order valence-corrected chi connectivity index (χ4v) is 2.28. The number of hydrogen-bond acceptors (Lipinski definition) is 1. The van der Waals surface area contributed by atoms with Crippen LogP contribution in [0, 0.1) is 17.8 Å². The minimum atomic E-state index is 0.471. The molecule has 0 aromatic rings. The average molecular weight is 155 g/mol. The van der Waals surface area contributed by atoms with Gasteiger partial charge in [-0.3, -0.25) is 0 Å². The Bertz CT molecular complexity index is 120. The van der Waals surface area contributed by atoms with Crippen molar-refractivity contribution in [2.24, 2.45) is 23.5 Å². The van der Waals surface area contributed by atoms with Crippen LogP contribution in [0.3, 0.4) is 0 Å². The van der Waals surface area contributed by atoms with Crippen LogP contribution in [0.1, 0.15) is 40.0 Å². The first-order chi connectivity index (χ1) is 5.11. The van der Waals surface area contributed by atoms with Gasteiger partial charge in [-0.1, -0.05) is 27.2 Å². The molecule has 0 amide bonds. The summed E-state index contributed by atoms with van der Waals surface area (Å²) in [5.41, 5.74) is 6.07. The molecule has 1 heteroatoms. The Morgan fingerprint density at radius 1 is 1.27 bits per heavy atom. The van der Waals surface area contributed by atoms with Gasteiger partial charge in [0.15, 0.2) is 0 Å². The quantitative estimate of drug-likeness (QED) is 0.618. The molecule has 11 heavy (non-hydrogen) atoms. The Morgan fingerprint density at radius 3 is 2.36 bits per heavy atom. The van der Waals surface area contributed by atoms with E-state index in [0.29, 0.717) is 6.04 Å². The zero-order valence-electron chi connectivity index (χ0n) is 8.01. The minimum Gasteiger partial charge on any atom is -0.327 e. The molecule has 1 rings (SSSR count). The molecule has 2 unspecified atom stereocenters. The average Bonchev–Trinajstić information content (AvgIpc) is 1.85. The zero-order chi connectivity index (χ0) is 8.43. The summed E-state index contributed by atoms with van der Waals surface area (Å²) in [7, 11) is 0. The van der Waals surface area contributed by atoms with Gasteiger partial charge in [-0.25, -0.2) is 0 Å². The second-order valence-corrected chi connectivity index (χ2v) is 4.49. The summed E-state index contributed by atoms with van der Waals surface area (Å²) < 4.78 is 0. The van der Waals surface area contributed by atoms with E-state index in [4.69, 9.17) is 5.73 Å². The molecule has 1 fully saturated rings. The second kappa shape index (κ2) is 3.57. The molecule has 0 saturated heterocycles. The lowest BCUT2D eigenvalue weighted by atomic mass is 9.74. The van der Waals surface area contributed by atoms with Crippen LogP contribution in [0.5, 0.6) is 0 Å². The van der Waals surface area contributed by atoms with Crippen LogP contribution < -0.4 is 5.73 Å². The smallest absolute Gasteiger partial charge is 0.00721 e. The normalized spacial score (nSPS) is 39.5. The molecule has 0 bridgehead atoms. The van der Waals surface area contributed by atoms with Crippen molar-refractivity contribution < 1.29 is 0 Å². The van der Waals surface area contributed by atoms with Gasteiger partial charge in [-0.2, -0.15) is 0 Å². The van der Waals surface area contributed by atoms with Gasteiger partial charge in [-0.15, -0.1) is 0 Å². The predicted octanol–water partition coefficient (Wildman–Crippen LogP) is 2.41. The van der Waals surface area contributed by atoms with Crippen molar-refractivity contribution in [1.29, 1.82) is 0 Å². The summed E-state index contributed by atoms with van der Waals surface area (Å²) in [5.74, 6) is 2.42. The second-order valence-electron chi connectivity index (χ2n) is 4.49. The summed E-state index contributed by atoms with van der Waals surface area (Å²) >= 11 is 0. The third-order valence-corrected chi connectivity index (χ3v) is 3.07. The van der Waals surface area contributed by atoms with Crippen molar-refractivity contribution in [2.75, 3.05) is 0 Å². The Hall–Kier alpha value is -0.0400. The largest absolute Gasteiger partial charge is 0.327 e. The molecule has 0 aromatic carbocycles. The Balaban J connectivity index is 2.44. The van der Waals surface area contributed by atoms with Crippen molar-refractivity contribution in [2.45, 2.75) is 46.1 Å². The fourth-order valence-electron chi connectivity index (χ4n) is 2.28. The van der Waals surface area contributed by atoms with Gasteiger partial charge in [0.1, 0.15) is 0 Å². The van der Waals surface area contributed by atoms with Crippen LogP contribution in [0.25, 0.3) is 0 Å². The number of rotatable bonds is 1. The standard InChI is InChI=1S/C10H21N/c1-7(2)9-5-4-8(3)6-10(9)11/h7-10H,4-6,11H2,1-3H3/t8?,9?,10-/m1/s1. The third kappa shape index (κ3) is 2.19. The van der Waals surface area contributed by atoms with Gasteiger partial charge in [0.05, 0.1) is 0 Å². The summed E-state index contributed by atoms with van der Waals surface area (Å²) in [5, 5.41) is 0. The van der Waals surface area contributed by atoms with Gasteiger partial charge in [-0.05, 0) is 30.6 Å². The van der Waals surface area contributed by atoms with E-state index in [0.717, 1.165) is 17.8 Å².